The van der Waals surface area contributed by atoms with E-state index in [4.69, 9.17) is 19.4 Å². The first-order chi connectivity index (χ1) is 6.56. The molecule has 0 bridgehead atoms. The van der Waals surface area contributed by atoms with Crippen LogP contribution in [0.3, 0.4) is 0 Å². The second-order valence-electron chi connectivity index (χ2n) is 2.96. The zero-order chi connectivity index (χ0) is 10.7. The molecule has 0 fully saturated rings. The van der Waals surface area contributed by atoms with Crippen LogP contribution in [0, 0.1) is 13.8 Å². The molecule has 0 saturated heterocycles. The van der Waals surface area contributed by atoms with E-state index in [0.717, 1.165) is 16.9 Å². The summed E-state index contributed by atoms with van der Waals surface area (Å²) in [6.45, 7) is 3.71. The number of benzene rings is 1. The molecule has 0 atom stereocenters. The number of hydrogen-bond donors (Lipinski definition) is 2. The lowest BCUT2D eigenvalue weighted by atomic mass is 10.1. The van der Waals surface area contributed by atoms with Gasteiger partial charge in [-0.05, 0) is 37.1 Å². The lowest BCUT2D eigenvalue weighted by molar-refractivity contribution is 0.287. The molecule has 14 heavy (non-hydrogen) atoms. The maximum atomic E-state index is 8.65. The summed E-state index contributed by atoms with van der Waals surface area (Å²) in [5, 5.41) is 17.3. The van der Waals surface area contributed by atoms with Gasteiger partial charge in [-0.2, -0.15) is 0 Å². The molecule has 4 nitrogen and oxygen atoms in total. The SMILES string of the molecule is COc1ccc(OB(O)O)c(C)c1C. The van der Waals surface area contributed by atoms with E-state index in [1.807, 2.05) is 13.8 Å². The maximum absolute atomic E-state index is 8.65. The first-order valence-corrected chi connectivity index (χ1v) is 4.23. The molecule has 0 heterocycles. The second kappa shape index (κ2) is 4.35. The molecule has 1 rings (SSSR count). The van der Waals surface area contributed by atoms with Crippen molar-refractivity contribution in [3.8, 4) is 11.5 Å². The highest BCUT2D eigenvalue weighted by atomic mass is 16.6. The molecule has 0 saturated carbocycles. The van der Waals surface area contributed by atoms with E-state index >= 15 is 0 Å². The molecule has 1 aromatic rings. The van der Waals surface area contributed by atoms with Gasteiger partial charge in [-0.15, -0.1) is 0 Å². The molecule has 0 unspecified atom stereocenters. The van der Waals surface area contributed by atoms with E-state index in [9.17, 15) is 0 Å². The van der Waals surface area contributed by atoms with E-state index in [-0.39, 0.29) is 0 Å². The topological polar surface area (TPSA) is 58.9 Å². The quantitative estimate of drug-likeness (QED) is 0.697. The molecular formula is C9H13BO4. The Balaban J connectivity index is 3.04. The van der Waals surface area contributed by atoms with Gasteiger partial charge in [0.15, 0.2) is 0 Å². The van der Waals surface area contributed by atoms with Crippen molar-refractivity contribution in [1.82, 2.24) is 0 Å². The highest BCUT2D eigenvalue weighted by molar-refractivity contribution is 6.33. The van der Waals surface area contributed by atoms with Crippen molar-refractivity contribution in [3.63, 3.8) is 0 Å². The van der Waals surface area contributed by atoms with Crippen LogP contribution in [0.25, 0.3) is 0 Å². The number of rotatable bonds is 3. The van der Waals surface area contributed by atoms with Gasteiger partial charge in [0.05, 0.1) is 7.11 Å². The van der Waals surface area contributed by atoms with Gasteiger partial charge in [0, 0.05) is 0 Å². The predicted molar refractivity (Wildman–Crippen MR) is 53.3 cm³/mol. The standard InChI is InChI=1S/C9H13BO4/c1-6-7(2)9(14-10(11)12)5-4-8(6)13-3/h4-5,11-12H,1-3H3. The Kier molecular flexibility index (Phi) is 3.38. The fourth-order valence-electron chi connectivity index (χ4n) is 1.23. The lowest BCUT2D eigenvalue weighted by Crippen LogP contribution is -2.21. The summed E-state index contributed by atoms with van der Waals surface area (Å²) in [5.74, 6) is 1.19. The van der Waals surface area contributed by atoms with E-state index < -0.39 is 7.32 Å². The van der Waals surface area contributed by atoms with Crippen molar-refractivity contribution in [2.75, 3.05) is 7.11 Å². The zero-order valence-corrected chi connectivity index (χ0v) is 8.44. The van der Waals surface area contributed by atoms with Crippen molar-refractivity contribution in [2.24, 2.45) is 0 Å². The zero-order valence-electron chi connectivity index (χ0n) is 8.44. The van der Waals surface area contributed by atoms with E-state index in [0.29, 0.717) is 5.75 Å². The molecule has 0 amide bonds. The summed E-state index contributed by atoms with van der Waals surface area (Å²) < 4.78 is 9.89. The van der Waals surface area contributed by atoms with E-state index in [1.54, 1.807) is 19.2 Å². The fourth-order valence-corrected chi connectivity index (χ4v) is 1.23. The summed E-state index contributed by atoms with van der Waals surface area (Å²) in [6.07, 6.45) is 0. The third-order valence-electron chi connectivity index (χ3n) is 2.14. The molecule has 1 aromatic carbocycles. The van der Waals surface area contributed by atoms with Gasteiger partial charge >= 0.3 is 7.32 Å². The largest absolute Gasteiger partial charge is 0.707 e. The average Bonchev–Trinajstić information content (AvgIpc) is 2.13. The fraction of sp³-hybridized carbons (Fsp3) is 0.333. The third kappa shape index (κ3) is 2.18. The minimum absolute atomic E-state index is 0.443. The smallest absolute Gasteiger partial charge is 0.512 e. The monoisotopic (exact) mass is 196 g/mol. The lowest BCUT2D eigenvalue weighted by Gasteiger charge is -2.13. The van der Waals surface area contributed by atoms with Crippen LogP contribution in [0.1, 0.15) is 11.1 Å². The molecule has 0 aromatic heterocycles. The molecule has 0 aliphatic carbocycles. The van der Waals surface area contributed by atoms with Crippen molar-refractivity contribution < 1.29 is 19.4 Å². The van der Waals surface area contributed by atoms with Crippen LogP contribution in [0.4, 0.5) is 0 Å². The van der Waals surface area contributed by atoms with Crippen LogP contribution >= 0.6 is 0 Å². The van der Waals surface area contributed by atoms with Crippen LogP contribution in [0.15, 0.2) is 12.1 Å². The first kappa shape index (κ1) is 10.9. The van der Waals surface area contributed by atoms with Crippen LogP contribution in [0.2, 0.25) is 0 Å². The van der Waals surface area contributed by atoms with Gasteiger partial charge in [0.1, 0.15) is 11.5 Å². The normalized spacial score (nSPS) is 9.79. The third-order valence-corrected chi connectivity index (χ3v) is 2.14. The Morgan fingerprint density at radius 1 is 1.07 bits per heavy atom. The molecule has 0 radical (unpaired) electrons. The maximum Gasteiger partial charge on any atom is 0.707 e. The summed E-state index contributed by atoms with van der Waals surface area (Å²) >= 11 is 0. The van der Waals surface area contributed by atoms with Crippen molar-refractivity contribution in [1.29, 1.82) is 0 Å². The summed E-state index contributed by atoms with van der Waals surface area (Å²) in [6, 6.07) is 3.36. The Bertz CT molecular complexity index is 325. The Morgan fingerprint density at radius 2 is 1.57 bits per heavy atom. The summed E-state index contributed by atoms with van der Waals surface area (Å²) in [4.78, 5) is 0. The molecule has 2 N–H and O–H groups in total. The van der Waals surface area contributed by atoms with Crippen LogP contribution in [-0.4, -0.2) is 24.5 Å². The van der Waals surface area contributed by atoms with Gasteiger partial charge in [0.2, 0.25) is 0 Å². The van der Waals surface area contributed by atoms with E-state index in [1.165, 1.54) is 0 Å². The highest BCUT2D eigenvalue weighted by Crippen LogP contribution is 2.28. The molecular weight excluding hydrogens is 183 g/mol. The van der Waals surface area contributed by atoms with Crippen LogP contribution < -0.4 is 9.39 Å². The second-order valence-corrected chi connectivity index (χ2v) is 2.96. The first-order valence-electron chi connectivity index (χ1n) is 4.23. The Morgan fingerprint density at radius 3 is 2.07 bits per heavy atom. The van der Waals surface area contributed by atoms with Gasteiger partial charge in [0.25, 0.3) is 0 Å². The van der Waals surface area contributed by atoms with Crippen LogP contribution in [-0.2, 0) is 0 Å². The summed E-state index contributed by atoms with van der Waals surface area (Å²) in [5.41, 5.74) is 1.75. The van der Waals surface area contributed by atoms with Crippen molar-refractivity contribution in [3.05, 3.63) is 23.3 Å². The van der Waals surface area contributed by atoms with Gasteiger partial charge in [-0.3, -0.25) is 0 Å². The van der Waals surface area contributed by atoms with Gasteiger partial charge in [-0.25, -0.2) is 0 Å². The van der Waals surface area contributed by atoms with Gasteiger partial charge < -0.3 is 19.4 Å². The van der Waals surface area contributed by atoms with Crippen LogP contribution in [0.5, 0.6) is 11.5 Å². The number of methoxy groups -OCH3 is 1. The molecule has 0 aliphatic heterocycles. The van der Waals surface area contributed by atoms with Gasteiger partial charge in [-0.1, -0.05) is 0 Å². The number of hydrogen-bond acceptors (Lipinski definition) is 4. The molecule has 76 valence electrons. The van der Waals surface area contributed by atoms with E-state index in [2.05, 4.69) is 0 Å². The molecule has 5 heteroatoms. The number of ether oxygens (including phenoxy) is 1. The Hall–Kier alpha value is -1.20. The molecule has 0 spiro atoms. The Labute approximate surface area is 83.3 Å². The molecule has 0 aliphatic rings. The minimum atomic E-state index is -1.79. The van der Waals surface area contributed by atoms with Crippen molar-refractivity contribution >= 4 is 7.32 Å². The highest BCUT2D eigenvalue weighted by Gasteiger charge is 2.14. The average molecular weight is 196 g/mol. The van der Waals surface area contributed by atoms with Crippen molar-refractivity contribution in [2.45, 2.75) is 13.8 Å². The summed E-state index contributed by atoms with van der Waals surface area (Å²) in [7, 11) is -0.204. The predicted octanol–water partition coefficient (Wildman–Crippen LogP) is 0.660. The minimum Gasteiger partial charge on any atom is -0.512 e.